The van der Waals surface area contributed by atoms with E-state index in [1.807, 2.05) is 32.5 Å². The van der Waals surface area contributed by atoms with Crippen molar-refractivity contribution >= 4 is 17.7 Å². The first-order valence-electron chi connectivity index (χ1n) is 6.37. The minimum atomic E-state index is -0.244. The molecule has 2 unspecified atom stereocenters. The molecule has 1 amide bonds. The zero-order valence-electron chi connectivity index (χ0n) is 11.4. The van der Waals surface area contributed by atoms with E-state index >= 15 is 0 Å². The van der Waals surface area contributed by atoms with Gasteiger partial charge in [0, 0.05) is 11.3 Å². The van der Waals surface area contributed by atoms with Crippen LogP contribution in [0, 0.1) is 0 Å². The SMILES string of the molecule is CSC1CCCC(NC(=O)COC(C)(C)C)C1. The lowest BCUT2D eigenvalue weighted by molar-refractivity contribution is -0.131. The number of rotatable bonds is 4. The number of carbonyl (C=O) groups excluding carboxylic acids is 1. The smallest absolute Gasteiger partial charge is 0.246 e. The summed E-state index contributed by atoms with van der Waals surface area (Å²) in [5, 5.41) is 3.78. The van der Waals surface area contributed by atoms with Crippen LogP contribution >= 0.6 is 11.8 Å². The molecule has 0 aromatic heterocycles. The van der Waals surface area contributed by atoms with Crippen molar-refractivity contribution in [1.82, 2.24) is 5.32 Å². The van der Waals surface area contributed by atoms with Crippen LogP contribution in [0.15, 0.2) is 0 Å². The van der Waals surface area contributed by atoms with Crippen molar-refractivity contribution in [2.24, 2.45) is 0 Å². The van der Waals surface area contributed by atoms with Crippen LogP contribution in [0.5, 0.6) is 0 Å². The number of ether oxygens (including phenoxy) is 1. The van der Waals surface area contributed by atoms with Gasteiger partial charge in [0.05, 0.1) is 5.60 Å². The molecule has 2 atom stereocenters. The molecule has 3 nitrogen and oxygen atoms in total. The van der Waals surface area contributed by atoms with Gasteiger partial charge in [-0.25, -0.2) is 0 Å². The number of hydrogen-bond donors (Lipinski definition) is 1. The highest BCUT2D eigenvalue weighted by molar-refractivity contribution is 7.99. The van der Waals surface area contributed by atoms with E-state index in [-0.39, 0.29) is 18.1 Å². The highest BCUT2D eigenvalue weighted by Gasteiger charge is 2.23. The molecule has 1 N–H and O–H groups in total. The van der Waals surface area contributed by atoms with E-state index in [1.54, 1.807) is 0 Å². The predicted molar refractivity (Wildman–Crippen MR) is 73.4 cm³/mol. The Kier molecular flexibility index (Phi) is 5.80. The molecule has 1 aliphatic carbocycles. The molecule has 0 heterocycles. The second-order valence-electron chi connectivity index (χ2n) is 5.69. The second kappa shape index (κ2) is 6.64. The van der Waals surface area contributed by atoms with Gasteiger partial charge < -0.3 is 10.1 Å². The minimum absolute atomic E-state index is 0.0201. The maximum atomic E-state index is 11.7. The molecular formula is C13H25NO2S. The van der Waals surface area contributed by atoms with E-state index in [4.69, 9.17) is 4.74 Å². The quantitative estimate of drug-likeness (QED) is 0.843. The fraction of sp³-hybridized carbons (Fsp3) is 0.923. The summed E-state index contributed by atoms with van der Waals surface area (Å²) in [5.74, 6) is 0.0201. The van der Waals surface area contributed by atoms with Gasteiger partial charge in [-0.1, -0.05) is 6.42 Å². The Morgan fingerprint density at radius 1 is 1.41 bits per heavy atom. The van der Waals surface area contributed by atoms with Crippen molar-refractivity contribution in [2.45, 2.75) is 63.3 Å². The van der Waals surface area contributed by atoms with Gasteiger partial charge in [-0.2, -0.15) is 11.8 Å². The van der Waals surface area contributed by atoms with E-state index in [2.05, 4.69) is 11.6 Å². The van der Waals surface area contributed by atoms with Crippen molar-refractivity contribution < 1.29 is 9.53 Å². The van der Waals surface area contributed by atoms with Crippen LogP contribution in [-0.2, 0) is 9.53 Å². The summed E-state index contributed by atoms with van der Waals surface area (Å²) in [7, 11) is 0. The van der Waals surface area contributed by atoms with Crippen LogP contribution in [0.2, 0.25) is 0 Å². The lowest BCUT2D eigenvalue weighted by atomic mass is 9.95. The van der Waals surface area contributed by atoms with Crippen LogP contribution in [-0.4, -0.2) is 35.7 Å². The van der Waals surface area contributed by atoms with Crippen LogP contribution in [0.3, 0.4) is 0 Å². The Morgan fingerprint density at radius 2 is 2.12 bits per heavy atom. The third-order valence-corrected chi connectivity index (χ3v) is 4.06. The first kappa shape index (κ1) is 14.8. The Balaban J connectivity index is 2.26. The number of carbonyl (C=O) groups is 1. The Labute approximate surface area is 109 Å². The number of amides is 1. The molecule has 0 aromatic carbocycles. The molecule has 0 aliphatic heterocycles. The van der Waals surface area contributed by atoms with Crippen molar-refractivity contribution in [3.05, 3.63) is 0 Å². The third-order valence-electron chi connectivity index (χ3n) is 2.96. The Hall–Kier alpha value is -0.220. The zero-order chi connectivity index (χ0) is 12.9. The molecule has 1 rings (SSSR count). The molecule has 100 valence electrons. The molecule has 1 saturated carbocycles. The highest BCUT2D eigenvalue weighted by atomic mass is 32.2. The maximum Gasteiger partial charge on any atom is 0.246 e. The summed E-state index contributed by atoms with van der Waals surface area (Å²) in [6, 6.07) is 0.345. The third kappa shape index (κ3) is 6.32. The molecule has 0 saturated heterocycles. The first-order valence-corrected chi connectivity index (χ1v) is 7.65. The van der Waals surface area contributed by atoms with Crippen molar-refractivity contribution in [3.63, 3.8) is 0 Å². The lowest BCUT2D eigenvalue weighted by Crippen LogP contribution is -2.41. The van der Waals surface area contributed by atoms with Crippen molar-refractivity contribution in [2.75, 3.05) is 12.9 Å². The molecule has 4 heteroatoms. The molecule has 1 fully saturated rings. The number of nitrogens with one attached hydrogen (secondary N) is 1. The van der Waals surface area contributed by atoms with Crippen LogP contribution in [0.1, 0.15) is 46.5 Å². The largest absolute Gasteiger partial charge is 0.366 e. The molecule has 17 heavy (non-hydrogen) atoms. The van der Waals surface area contributed by atoms with Crippen LogP contribution < -0.4 is 5.32 Å². The topological polar surface area (TPSA) is 38.3 Å². The molecule has 0 spiro atoms. The Morgan fingerprint density at radius 3 is 2.71 bits per heavy atom. The van der Waals surface area contributed by atoms with Gasteiger partial charge in [0.25, 0.3) is 0 Å². The predicted octanol–water partition coefficient (Wildman–Crippen LogP) is 2.59. The molecular weight excluding hydrogens is 234 g/mol. The maximum absolute atomic E-state index is 11.7. The van der Waals surface area contributed by atoms with Gasteiger partial charge in [0.2, 0.25) is 5.91 Å². The standard InChI is InChI=1S/C13H25NO2S/c1-13(2,3)16-9-12(15)14-10-6-5-7-11(8-10)17-4/h10-11H,5-9H2,1-4H3,(H,14,15). The van der Waals surface area contributed by atoms with Crippen LogP contribution in [0.25, 0.3) is 0 Å². The highest BCUT2D eigenvalue weighted by Crippen LogP contribution is 2.26. The molecule has 0 bridgehead atoms. The summed E-state index contributed by atoms with van der Waals surface area (Å²) < 4.78 is 5.47. The average molecular weight is 259 g/mol. The van der Waals surface area contributed by atoms with Crippen molar-refractivity contribution in [3.8, 4) is 0 Å². The summed E-state index contributed by atoms with van der Waals surface area (Å²) in [4.78, 5) is 11.7. The van der Waals surface area contributed by atoms with Gasteiger partial charge >= 0.3 is 0 Å². The lowest BCUT2D eigenvalue weighted by Gasteiger charge is -2.29. The number of thioether (sulfide) groups is 1. The van der Waals surface area contributed by atoms with Gasteiger partial charge in [0.15, 0.2) is 0 Å². The van der Waals surface area contributed by atoms with Crippen LogP contribution in [0.4, 0.5) is 0 Å². The first-order chi connectivity index (χ1) is 7.90. The summed E-state index contributed by atoms with van der Waals surface area (Å²) in [5.41, 5.74) is -0.244. The normalized spacial score (nSPS) is 25.6. The Bertz CT molecular complexity index is 250. The van der Waals surface area contributed by atoms with E-state index in [9.17, 15) is 4.79 Å². The molecule has 1 aliphatic rings. The van der Waals surface area contributed by atoms with E-state index in [0.717, 1.165) is 12.8 Å². The van der Waals surface area contributed by atoms with Gasteiger partial charge in [-0.05, 0) is 46.3 Å². The fourth-order valence-electron chi connectivity index (χ4n) is 2.04. The van der Waals surface area contributed by atoms with Gasteiger partial charge in [-0.15, -0.1) is 0 Å². The zero-order valence-corrected chi connectivity index (χ0v) is 12.2. The average Bonchev–Trinajstić information content (AvgIpc) is 2.26. The van der Waals surface area contributed by atoms with Crippen molar-refractivity contribution in [1.29, 1.82) is 0 Å². The monoisotopic (exact) mass is 259 g/mol. The van der Waals surface area contributed by atoms with E-state index in [0.29, 0.717) is 11.3 Å². The molecule has 0 radical (unpaired) electrons. The molecule has 0 aromatic rings. The fourth-order valence-corrected chi connectivity index (χ4v) is 2.87. The summed E-state index contributed by atoms with van der Waals surface area (Å²) in [6.45, 7) is 6.06. The second-order valence-corrected chi connectivity index (χ2v) is 6.83. The van der Waals surface area contributed by atoms with E-state index < -0.39 is 0 Å². The van der Waals surface area contributed by atoms with Gasteiger partial charge in [0.1, 0.15) is 6.61 Å². The summed E-state index contributed by atoms with van der Waals surface area (Å²) >= 11 is 1.91. The minimum Gasteiger partial charge on any atom is -0.366 e. The summed E-state index contributed by atoms with van der Waals surface area (Å²) in [6.07, 6.45) is 6.86. The van der Waals surface area contributed by atoms with Gasteiger partial charge in [-0.3, -0.25) is 4.79 Å². The van der Waals surface area contributed by atoms with E-state index in [1.165, 1.54) is 12.8 Å². The number of hydrogen-bond acceptors (Lipinski definition) is 3.